The van der Waals surface area contributed by atoms with Crippen LogP contribution in [0.4, 0.5) is 0 Å². The lowest BCUT2D eigenvalue weighted by Gasteiger charge is -2.39. The molecular formula is C14H24N2. The van der Waals surface area contributed by atoms with Crippen LogP contribution >= 0.6 is 0 Å². The molecule has 0 aromatic rings. The predicted octanol–water partition coefficient (Wildman–Crippen LogP) is 3.33. The van der Waals surface area contributed by atoms with E-state index in [2.05, 4.69) is 17.9 Å². The van der Waals surface area contributed by atoms with Crippen LogP contribution in [0.2, 0.25) is 0 Å². The van der Waals surface area contributed by atoms with Crippen LogP contribution in [-0.2, 0) is 0 Å². The molecule has 0 heterocycles. The normalized spacial score (nSPS) is 31.8. The monoisotopic (exact) mass is 220 g/mol. The average Bonchev–Trinajstić information content (AvgIpc) is 2.80. The first kappa shape index (κ1) is 11.9. The molecule has 0 spiro atoms. The topological polar surface area (TPSA) is 27.0 Å². The molecule has 0 amide bonds. The van der Waals surface area contributed by atoms with Gasteiger partial charge in [0.25, 0.3) is 0 Å². The Morgan fingerprint density at radius 2 is 1.81 bits per heavy atom. The molecule has 0 aromatic heterocycles. The highest BCUT2D eigenvalue weighted by Gasteiger charge is 2.35. The van der Waals surface area contributed by atoms with Crippen LogP contribution in [-0.4, -0.2) is 23.5 Å². The van der Waals surface area contributed by atoms with Gasteiger partial charge in [-0.2, -0.15) is 5.26 Å². The molecule has 0 aliphatic heterocycles. The summed E-state index contributed by atoms with van der Waals surface area (Å²) in [5.74, 6) is 0.307. The Morgan fingerprint density at radius 1 is 1.06 bits per heavy atom. The molecule has 2 fully saturated rings. The minimum Gasteiger partial charge on any atom is -0.296 e. The van der Waals surface area contributed by atoms with E-state index in [1.807, 2.05) is 0 Å². The third-order valence-electron chi connectivity index (χ3n) is 4.48. The summed E-state index contributed by atoms with van der Waals surface area (Å²) in [7, 11) is 0. The van der Waals surface area contributed by atoms with Gasteiger partial charge in [0, 0.05) is 12.1 Å². The van der Waals surface area contributed by atoms with Gasteiger partial charge in [-0.15, -0.1) is 0 Å². The van der Waals surface area contributed by atoms with Crippen molar-refractivity contribution in [3.8, 4) is 6.07 Å². The second kappa shape index (κ2) is 5.68. The van der Waals surface area contributed by atoms with Crippen molar-refractivity contribution in [1.82, 2.24) is 4.90 Å². The number of nitriles is 1. The van der Waals surface area contributed by atoms with Crippen molar-refractivity contribution in [3.05, 3.63) is 0 Å². The Kier molecular flexibility index (Phi) is 4.23. The predicted molar refractivity (Wildman–Crippen MR) is 66.0 cm³/mol. The Bertz CT molecular complexity index is 250. The zero-order chi connectivity index (χ0) is 11.4. The maximum Gasteiger partial charge on any atom is 0.0672 e. The molecule has 0 N–H and O–H groups in total. The lowest BCUT2D eigenvalue weighted by molar-refractivity contribution is 0.0992. The Labute approximate surface area is 99.6 Å². The van der Waals surface area contributed by atoms with Gasteiger partial charge in [0.05, 0.1) is 12.0 Å². The molecule has 2 nitrogen and oxygen atoms in total. The van der Waals surface area contributed by atoms with Crippen molar-refractivity contribution < 1.29 is 0 Å². The fourth-order valence-electron chi connectivity index (χ4n) is 3.66. The van der Waals surface area contributed by atoms with Crippen molar-refractivity contribution in [1.29, 1.82) is 5.26 Å². The third kappa shape index (κ3) is 2.40. The van der Waals surface area contributed by atoms with Crippen LogP contribution < -0.4 is 0 Å². The lowest BCUT2D eigenvalue weighted by atomic mass is 9.91. The van der Waals surface area contributed by atoms with Crippen LogP contribution in [0.1, 0.15) is 58.3 Å². The highest BCUT2D eigenvalue weighted by atomic mass is 15.2. The fourth-order valence-corrected chi connectivity index (χ4v) is 3.66. The zero-order valence-electron chi connectivity index (χ0n) is 10.5. The molecular weight excluding hydrogens is 196 g/mol. The molecule has 0 saturated heterocycles. The Hall–Kier alpha value is -0.550. The van der Waals surface area contributed by atoms with Crippen molar-refractivity contribution in [2.45, 2.75) is 70.4 Å². The first-order valence-corrected chi connectivity index (χ1v) is 7.02. The Morgan fingerprint density at radius 3 is 2.44 bits per heavy atom. The molecule has 2 heteroatoms. The zero-order valence-corrected chi connectivity index (χ0v) is 10.5. The van der Waals surface area contributed by atoms with E-state index in [1.54, 1.807) is 0 Å². The quantitative estimate of drug-likeness (QED) is 0.729. The van der Waals surface area contributed by atoms with Gasteiger partial charge in [-0.3, -0.25) is 4.90 Å². The van der Waals surface area contributed by atoms with E-state index in [-0.39, 0.29) is 0 Å². The maximum atomic E-state index is 9.20. The van der Waals surface area contributed by atoms with Crippen molar-refractivity contribution in [3.63, 3.8) is 0 Å². The van der Waals surface area contributed by atoms with Crippen molar-refractivity contribution >= 4 is 0 Å². The summed E-state index contributed by atoms with van der Waals surface area (Å²) < 4.78 is 0. The van der Waals surface area contributed by atoms with E-state index in [0.29, 0.717) is 12.0 Å². The summed E-state index contributed by atoms with van der Waals surface area (Å²) in [6.07, 6.45) is 10.6. The molecule has 2 saturated carbocycles. The van der Waals surface area contributed by atoms with Gasteiger partial charge in [-0.1, -0.05) is 32.6 Å². The largest absolute Gasteiger partial charge is 0.296 e. The molecule has 2 aliphatic carbocycles. The molecule has 2 aliphatic rings. The highest BCUT2D eigenvalue weighted by molar-refractivity contribution is 4.99. The number of hydrogen-bond donors (Lipinski definition) is 0. The van der Waals surface area contributed by atoms with Gasteiger partial charge in [0.1, 0.15) is 0 Å². The lowest BCUT2D eigenvalue weighted by Crippen LogP contribution is -2.45. The third-order valence-corrected chi connectivity index (χ3v) is 4.48. The minimum atomic E-state index is 0.307. The maximum absolute atomic E-state index is 9.20. The average molecular weight is 220 g/mol. The smallest absolute Gasteiger partial charge is 0.0672 e. The van der Waals surface area contributed by atoms with Gasteiger partial charge in [-0.25, -0.2) is 0 Å². The van der Waals surface area contributed by atoms with E-state index in [9.17, 15) is 5.26 Å². The minimum absolute atomic E-state index is 0.307. The summed E-state index contributed by atoms with van der Waals surface area (Å²) in [6, 6.07) is 3.87. The molecule has 90 valence electrons. The fraction of sp³-hybridized carbons (Fsp3) is 0.929. The van der Waals surface area contributed by atoms with E-state index in [4.69, 9.17) is 0 Å². The van der Waals surface area contributed by atoms with Gasteiger partial charge in [-0.05, 0) is 32.2 Å². The SMILES string of the molecule is CCN(C1CCCCC1)C1CCCC1C#N. The molecule has 2 unspecified atom stereocenters. The van der Waals surface area contributed by atoms with Crippen LogP contribution in [0, 0.1) is 17.2 Å². The van der Waals surface area contributed by atoms with Crippen LogP contribution in [0.25, 0.3) is 0 Å². The molecule has 0 radical (unpaired) electrons. The van der Waals surface area contributed by atoms with E-state index < -0.39 is 0 Å². The first-order chi connectivity index (χ1) is 7.86. The van der Waals surface area contributed by atoms with E-state index in [0.717, 1.165) is 19.0 Å². The first-order valence-electron chi connectivity index (χ1n) is 7.02. The number of rotatable bonds is 3. The molecule has 16 heavy (non-hydrogen) atoms. The number of nitrogens with zero attached hydrogens (tertiary/aromatic N) is 2. The second-order valence-electron chi connectivity index (χ2n) is 5.36. The van der Waals surface area contributed by atoms with Crippen molar-refractivity contribution in [2.75, 3.05) is 6.54 Å². The molecule has 0 aromatic carbocycles. The summed E-state index contributed by atoms with van der Waals surface area (Å²) in [4.78, 5) is 2.65. The number of hydrogen-bond acceptors (Lipinski definition) is 2. The van der Waals surface area contributed by atoms with Gasteiger partial charge in [0.15, 0.2) is 0 Å². The second-order valence-corrected chi connectivity index (χ2v) is 5.36. The van der Waals surface area contributed by atoms with E-state index in [1.165, 1.54) is 44.9 Å². The summed E-state index contributed by atoms with van der Waals surface area (Å²) in [6.45, 7) is 3.40. The van der Waals surface area contributed by atoms with E-state index >= 15 is 0 Å². The summed E-state index contributed by atoms with van der Waals surface area (Å²) in [5, 5.41) is 9.20. The van der Waals surface area contributed by atoms with Gasteiger partial charge >= 0.3 is 0 Å². The van der Waals surface area contributed by atoms with Gasteiger partial charge in [0.2, 0.25) is 0 Å². The van der Waals surface area contributed by atoms with Crippen molar-refractivity contribution in [2.24, 2.45) is 5.92 Å². The molecule has 2 rings (SSSR count). The van der Waals surface area contributed by atoms with Crippen LogP contribution in [0.3, 0.4) is 0 Å². The molecule has 0 bridgehead atoms. The Balaban J connectivity index is 2.00. The van der Waals surface area contributed by atoms with Crippen LogP contribution in [0.15, 0.2) is 0 Å². The van der Waals surface area contributed by atoms with Crippen LogP contribution in [0.5, 0.6) is 0 Å². The summed E-state index contributed by atoms with van der Waals surface area (Å²) in [5.41, 5.74) is 0. The summed E-state index contributed by atoms with van der Waals surface area (Å²) >= 11 is 0. The highest BCUT2D eigenvalue weighted by Crippen LogP contribution is 2.33. The van der Waals surface area contributed by atoms with Gasteiger partial charge < -0.3 is 0 Å². The standard InChI is InChI=1S/C14H24N2/c1-2-16(13-8-4-3-5-9-13)14-10-6-7-12(14)11-15/h12-14H,2-10H2,1H3. The molecule has 2 atom stereocenters.